The minimum absolute atomic E-state index is 0.269. The van der Waals surface area contributed by atoms with Crippen LogP contribution < -0.4 is 5.73 Å². The van der Waals surface area contributed by atoms with Crippen molar-refractivity contribution in [1.82, 2.24) is 4.90 Å². The zero-order valence-electron chi connectivity index (χ0n) is 11.0. The first kappa shape index (κ1) is 15.4. The third-order valence-electron chi connectivity index (χ3n) is 2.66. The third kappa shape index (κ3) is 8.68. The van der Waals surface area contributed by atoms with E-state index in [1.54, 1.807) is 7.11 Å². The summed E-state index contributed by atoms with van der Waals surface area (Å²) in [6, 6.07) is 0. The number of nitrogens with zero attached hydrogens (tertiary/aromatic N) is 1. The largest absolute Gasteiger partial charge is 0.388 e. The molecule has 0 aromatic rings. The maximum absolute atomic E-state index is 7.25. The minimum Gasteiger partial charge on any atom is -0.388 e. The van der Waals surface area contributed by atoms with Crippen LogP contribution in [0.3, 0.4) is 0 Å². The van der Waals surface area contributed by atoms with E-state index in [1.807, 2.05) is 0 Å². The molecule has 4 nitrogen and oxygen atoms in total. The van der Waals surface area contributed by atoms with Gasteiger partial charge in [-0.1, -0.05) is 20.3 Å². The van der Waals surface area contributed by atoms with E-state index in [4.69, 9.17) is 15.9 Å². The van der Waals surface area contributed by atoms with Crippen molar-refractivity contribution in [3.05, 3.63) is 0 Å². The Bertz CT molecular complexity index is 185. The molecule has 1 unspecified atom stereocenters. The molecule has 0 aliphatic carbocycles. The molecule has 0 bridgehead atoms. The zero-order chi connectivity index (χ0) is 12.4. The number of nitrogens with two attached hydrogens (primary N) is 1. The van der Waals surface area contributed by atoms with Gasteiger partial charge in [0.15, 0.2) is 0 Å². The summed E-state index contributed by atoms with van der Waals surface area (Å²) in [5.74, 6) is 0.972. The molecule has 4 heteroatoms. The van der Waals surface area contributed by atoms with Crippen molar-refractivity contribution in [2.24, 2.45) is 11.7 Å². The van der Waals surface area contributed by atoms with Gasteiger partial charge in [-0.15, -0.1) is 0 Å². The van der Waals surface area contributed by atoms with E-state index in [1.165, 1.54) is 12.8 Å². The monoisotopic (exact) mass is 229 g/mol. The quantitative estimate of drug-likeness (QED) is 0.443. The normalized spacial score (nSPS) is 13.0. The third-order valence-corrected chi connectivity index (χ3v) is 2.66. The summed E-state index contributed by atoms with van der Waals surface area (Å²) in [5.41, 5.74) is 5.38. The van der Waals surface area contributed by atoms with Gasteiger partial charge in [0.2, 0.25) is 0 Å². The van der Waals surface area contributed by atoms with E-state index >= 15 is 0 Å². The molecule has 0 aromatic heterocycles. The van der Waals surface area contributed by atoms with E-state index in [2.05, 4.69) is 18.7 Å². The van der Waals surface area contributed by atoms with Gasteiger partial charge in [0.05, 0.1) is 12.4 Å². The molecule has 0 saturated carbocycles. The molecule has 3 N–H and O–H groups in total. The van der Waals surface area contributed by atoms with Crippen molar-refractivity contribution in [2.75, 3.05) is 33.4 Å². The molecule has 0 radical (unpaired) electrons. The molecule has 96 valence electrons. The van der Waals surface area contributed by atoms with Crippen LogP contribution in [0.15, 0.2) is 0 Å². The molecule has 0 saturated heterocycles. The fourth-order valence-corrected chi connectivity index (χ4v) is 1.82. The van der Waals surface area contributed by atoms with Crippen molar-refractivity contribution in [3.8, 4) is 0 Å². The molecule has 0 fully saturated rings. The summed E-state index contributed by atoms with van der Waals surface area (Å²) < 4.78 is 5.09. The molecule has 0 aromatic carbocycles. The molecule has 0 amide bonds. The van der Waals surface area contributed by atoms with Gasteiger partial charge < -0.3 is 15.4 Å². The first-order chi connectivity index (χ1) is 7.60. The van der Waals surface area contributed by atoms with Crippen molar-refractivity contribution < 1.29 is 4.74 Å². The second kappa shape index (κ2) is 9.60. The minimum atomic E-state index is 0.269. The van der Waals surface area contributed by atoms with Crippen LogP contribution in [0, 0.1) is 11.3 Å². The van der Waals surface area contributed by atoms with Crippen molar-refractivity contribution in [3.63, 3.8) is 0 Å². The fraction of sp³-hybridized carbons (Fsp3) is 0.917. The van der Waals surface area contributed by atoms with Gasteiger partial charge in [0, 0.05) is 33.2 Å². The SMILES string of the molecule is CCCC(C)CN(CCOC)CCC(=N)N. The number of ether oxygens (including phenoxy) is 1. The predicted molar refractivity (Wildman–Crippen MR) is 68.9 cm³/mol. The van der Waals surface area contributed by atoms with E-state index in [9.17, 15) is 0 Å². The molecular weight excluding hydrogens is 202 g/mol. The molecule has 0 heterocycles. The lowest BCUT2D eigenvalue weighted by atomic mass is 10.1. The van der Waals surface area contributed by atoms with Gasteiger partial charge in [-0.25, -0.2) is 0 Å². The Labute approximate surface area is 99.7 Å². The van der Waals surface area contributed by atoms with Crippen LogP contribution in [-0.2, 0) is 4.74 Å². The van der Waals surface area contributed by atoms with Gasteiger partial charge in [-0.2, -0.15) is 0 Å². The maximum Gasteiger partial charge on any atom is 0.0918 e. The Balaban J connectivity index is 3.92. The Hall–Kier alpha value is -0.610. The van der Waals surface area contributed by atoms with E-state index in [0.29, 0.717) is 12.3 Å². The Morgan fingerprint density at radius 3 is 2.62 bits per heavy atom. The van der Waals surface area contributed by atoms with Crippen LogP contribution in [0.2, 0.25) is 0 Å². The highest BCUT2D eigenvalue weighted by Gasteiger charge is 2.09. The van der Waals surface area contributed by atoms with Crippen LogP contribution in [0.25, 0.3) is 0 Å². The fourth-order valence-electron chi connectivity index (χ4n) is 1.82. The summed E-state index contributed by atoms with van der Waals surface area (Å²) in [6.45, 7) is 8.11. The first-order valence-electron chi connectivity index (χ1n) is 6.14. The number of hydrogen-bond acceptors (Lipinski definition) is 3. The van der Waals surface area contributed by atoms with Crippen LogP contribution in [-0.4, -0.2) is 44.1 Å². The molecule has 0 aliphatic rings. The second-order valence-corrected chi connectivity index (χ2v) is 4.46. The predicted octanol–water partition coefficient (Wildman–Crippen LogP) is 1.70. The maximum atomic E-state index is 7.25. The number of amidine groups is 1. The molecule has 16 heavy (non-hydrogen) atoms. The Kier molecular flexibility index (Phi) is 9.24. The number of nitrogens with one attached hydrogen (secondary N) is 1. The van der Waals surface area contributed by atoms with Crippen LogP contribution in [0.5, 0.6) is 0 Å². The average molecular weight is 229 g/mol. The topological polar surface area (TPSA) is 62.3 Å². The summed E-state index contributed by atoms with van der Waals surface area (Å²) >= 11 is 0. The van der Waals surface area contributed by atoms with E-state index in [-0.39, 0.29) is 5.84 Å². The first-order valence-corrected chi connectivity index (χ1v) is 6.14. The number of methoxy groups -OCH3 is 1. The highest BCUT2D eigenvalue weighted by atomic mass is 16.5. The standard InChI is InChI=1S/C12H27N3O/c1-4-5-11(2)10-15(8-9-16-3)7-6-12(13)14/h11H,4-10H2,1-3H3,(H3,13,14). The zero-order valence-corrected chi connectivity index (χ0v) is 11.0. The van der Waals surface area contributed by atoms with Gasteiger partial charge >= 0.3 is 0 Å². The Morgan fingerprint density at radius 2 is 2.12 bits per heavy atom. The van der Waals surface area contributed by atoms with Crippen LogP contribution in [0.1, 0.15) is 33.1 Å². The highest BCUT2D eigenvalue weighted by molar-refractivity contribution is 5.76. The van der Waals surface area contributed by atoms with E-state index < -0.39 is 0 Å². The van der Waals surface area contributed by atoms with Gasteiger partial charge in [-0.05, 0) is 12.3 Å². The van der Waals surface area contributed by atoms with Gasteiger partial charge in [0.1, 0.15) is 0 Å². The number of rotatable bonds is 10. The molecule has 0 spiro atoms. The summed E-state index contributed by atoms with van der Waals surface area (Å²) in [5, 5.41) is 7.25. The smallest absolute Gasteiger partial charge is 0.0918 e. The van der Waals surface area contributed by atoms with Gasteiger partial charge in [-0.3, -0.25) is 5.41 Å². The van der Waals surface area contributed by atoms with Gasteiger partial charge in [0.25, 0.3) is 0 Å². The molecule has 0 aliphatic heterocycles. The van der Waals surface area contributed by atoms with Crippen molar-refractivity contribution in [1.29, 1.82) is 5.41 Å². The number of hydrogen-bond donors (Lipinski definition) is 2. The lowest BCUT2D eigenvalue weighted by Gasteiger charge is -2.25. The highest BCUT2D eigenvalue weighted by Crippen LogP contribution is 2.07. The second-order valence-electron chi connectivity index (χ2n) is 4.46. The summed E-state index contributed by atoms with van der Waals surface area (Å²) in [6.07, 6.45) is 3.14. The van der Waals surface area contributed by atoms with Crippen molar-refractivity contribution in [2.45, 2.75) is 33.1 Å². The average Bonchev–Trinajstić information content (AvgIpc) is 2.22. The Morgan fingerprint density at radius 1 is 1.44 bits per heavy atom. The lowest BCUT2D eigenvalue weighted by Crippen LogP contribution is -2.34. The molecular formula is C12H27N3O. The lowest BCUT2D eigenvalue weighted by molar-refractivity contribution is 0.139. The summed E-state index contributed by atoms with van der Waals surface area (Å²) in [7, 11) is 1.72. The van der Waals surface area contributed by atoms with E-state index in [0.717, 1.165) is 26.2 Å². The van der Waals surface area contributed by atoms with Crippen LogP contribution in [0.4, 0.5) is 0 Å². The molecule has 1 atom stereocenters. The summed E-state index contributed by atoms with van der Waals surface area (Å²) in [4.78, 5) is 2.34. The van der Waals surface area contributed by atoms with Crippen LogP contribution >= 0.6 is 0 Å². The van der Waals surface area contributed by atoms with Crippen molar-refractivity contribution >= 4 is 5.84 Å². The molecule has 0 rings (SSSR count).